The van der Waals surface area contributed by atoms with Gasteiger partial charge >= 0.3 is 0 Å². The number of H-pyrrole nitrogens is 1. The first-order valence-corrected chi connectivity index (χ1v) is 9.03. The molecule has 0 atom stereocenters. The Morgan fingerprint density at radius 2 is 1.75 bits per heavy atom. The van der Waals surface area contributed by atoms with E-state index in [0.29, 0.717) is 11.1 Å². The Morgan fingerprint density at radius 1 is 1.00 bits per heavy atom. The number of rotatable bonds is 4. The SMILES string of the molecule is Cc1ccccc1S(=O)(=O)NCc1ccc2[nH]c(=O)c(C)cc2c1. The number of fused-ring (bicyclic) bond motifs is 1. The summed E-state index contributed by atoms with van der Waals surface area (Å²) in [6.07, 6.45) is 0. The minimum Gasteiger partial charge on any atom is -0.322 e. The van der Waals surface area contributed by atoms with Gasteiger partial charge in [-0.3, -0.25) is 4.79 Å². The zero-order valence-electron chi connectivity index (χ0n) is 13.5. The highest BCUT2D eigenvalue weighted by Crippen LogP contribution is 2.16. The Bertz CT molecular complexity index is 1070. The maximum atomic E-state index is 12.4. The standard InChI is InChI=1S/C18H18N2O3S/c1-12-5-3-4-6-17(12)24(22,23)19-11-14-7-8-16-15(10-14)9-13(2)18(21)20-16/h3-10,19H,11H2,1-2H3,(H,20,21). The van der Waals surface area contributed by atoms with E-state index >= 15 is 0 Å². The lowest BCUT2D eigenvalue weighted by molar-refractivity contribution is 0.580. The van der Waals surface area contributed by atoms with Gasteiger partial charge in [0.05, 0.1) is 4.90 Å². The predicted molar refractivity (Wildman–Crippen MR) is 94.5 cm³/mol. The first kappa shape index (κ1) is 16.4. The van der Waals surface area contributed by atoms with Crippen molar-refractivity contribution < 1.29 is 8.42 Å². The molecule has 0 saturated heterocycles. The third kappa shape index (κ3) is 3.25. The quantitative estimate of drug-likeness (QED) is 0.765. The van der Waals surface area contributed by atoms with Crippen LogP contribution < -0.4 is 10.3 Å². The summed E-state index contributed by atoms with van der Waals surface area (Å²) in [7, 11) is -3.57. The molecule has 1 aromatic heterocycles. The molecule has 2 aromatic carbocycles. The number of hydrogen-bond acceptors (Lipinski definition) is 3. The Labute approximate surface area is 140 Å². The molecule has 3 rings (SSSR count). The van der Waals surface area contributed by atoms with Gasteiger partial charge in [-0.05, 0) is 54.6 Å². The molecule has 0 radical (unpaired) electrons. The van der Waals surface area contributed by atoms with Crippen LogP contribution in [0.1, 0.15) is 16.7 Å². The normalized spacial score (nSPS) is 11.8. The van der Waals surface area contributed by atoms with Crippen LogP contribution in [-0.2, 0) is 16.6 Å². The number of pyridine rings is 1. The van der Waals surface area contributed by atoms with Crippen molar-refractivity contribution in [3.8, 4) is 0 Å². The zero-order chi connectivity index (χ0) is 17.3. The van der Waals surface area contributed by atoms with E-state index in [9.17, 15) is 13.2 Å². The van der Waals surface area contributed by atoms with Crippen LogP contribution in [0.25, 0.3) is 10.9 Å². The molecule has 0 fully saturated rings. The molecule has 0 aliphatic heterocycles. The number of sulfonamides is 1. The van der Waals surface area contributed by atoms with Gasteiger partial charge < -0.3 is 4.98 Å². The van der Waals surface area contributed by atoms with E-state index in [1.54, 1.807) is 56.3 Å². The fraction of sp³-hybridized carbons (Fsp3) is 0.167. The largest absolute Gasteiger partial charge is 0.322 e. The minimum absolute atomic E-state index is 0.115. The highest BCUT2D eigenvalue weighted by molar-refractivity contribution is 7.89. The summed E-state index contributed by atoms with van der Waals surface area (Å²) >= 11 is 0. The Morgan fingerprint density at radius 3 is 2.50 bits per heavy atom. The molecule has 5 nitrogen and oxygen atoms in total. The van der Waals surface area contributed by atoms with Crippen LogP contribution in [0, 0.1) is 13.8 Å². The summed E-state index contributed by atoms with van der Waals surface area (Å²) in [4.78, 5) is 14.7. The van der Waals surface area contributed by atoms with Gasteiger partial charge in [-0.2, -0.15) is 0 Å². The zero-order valence-corrected chi connectivity index (χ0v) is 14.3. The Kier molecular flexibility index (Phi) is 4.26. The number of aryl methyl sites for hydroxylation is 2. The van der Waals surface area contributed by atoms with Crippen molar-refractivity contribution in [2.75, 3.05) is 0 Å². The summed E-state index contributed by atoms with van der Waals surface area (Å²) in [5.74, 6) is 0. The third-order valence-corrected chi connectivity index (χ3v) is 5.51. The molecule has 0 amide bonds. The van der Waals surface area contributed by atoms with Crippen LogP contribution in [0.5, 0.6) is 0 Å². The maximum Gasteiger partial charge on any atom is 0.251 e. The van der Waals surface area contributed by atoms with Crippen LogP contribution >= 0.6 is 0 Å². The maximum absolute atomic E-state index is 12.4. The van der Waals surface area contributed by atoms with Gasteiger partial charge in [0.25, 0.3) is 5.56 Å². The second-order valence-electron chi connectivity index (χ2n) is 5.79. The van der Waals surface area contributed by atoms with Gasteiger partial charge in [-0.25, -0.2) is 13.1 Å². The summed E-state index contributed by atoms with van der Waals surface area (Å²) in [6, 6.07) is 14.1. The number of aromatic nitrogens is 1. The summed E-state index contributed by atoms with van der Waals surface area (Å²) in [5.41, 5.74) is 2.77. The molecule has 0 bridgehead atoms. The molecule has 0 unspecified atom stereocenters. The molecule has 2 N–H and O–H groups in total. The third-order valence-electron chi connectivity index (χ3n) is 3.94. The second-order valence-corrected chi connectivity index (χ2v) is 7.53. The second kappa shape index (κ2) is 6.22. The van der Waals surface area contributed by atoms with Crippen LogP contribution in [0.15, 0.2) is 58.2 Å². The molecule has 3 aromatic rings. The Hall–Kier alpha value is -2.44. The smallest absolute Gasteiger partial charge is 0.251 e. The van der Waals surface area contributed by atoms with E-state index in [2.05, 4.69) is 9.71 Å². The monoisotopic (exact) mass is 342 g/mol. The van der Waals surface area contributed by atoms with Gasteiger partial charge in [0, 0.05) is 17.6 Å². The average molecular weight is 342 g/mol. The fourth-order valence-corrected chi connectivity index (χ4v) is 3.85. The predicted octanol–water partition coefficient (Wildman–Crippen LogP) is 2.62. The van der Waals surface area contributed by atoms with Crippen LogP contribution in [0.2, 0.25) is 0 Å². The van der Waals surface area contributed by atoms with Crippen molar-refractivity contribution >= 4 is 20.9 Å². The molecule has 6 heteroatoms. The highest BCUT2D eigenvalue weighted by Gasteiger charge is 2.15. The van der Waals surface area contributed by atoms with Gasteiger partial charge in [0.15, 0.2) is 0 Å². The molecule has 0 aliphatic carbocycles. The first-order chi connectivity index (χ1) is 11.4. The van der Waals surface area contributed by atoms with Crippen molar-refractivity contribution in [3.63, 3.8) is 0 Å². The molecule has 24 heavy (non-hydrogen) atoms. The van der Waals surface area contributed by atoms with E-state index in [4.69, 9.17) is 0 Å². The van der Waals surface area contributed by atoms with Gasteiger partial charge in [-0.15, -0.1) is 0 Å². The van der Waals surface area contributed by atoms with Gasteiger partial charge in [0.1, 0.15) is 0 Å². The molecule has 124 valence electrons. The lowest BCUT2D eigenvalue weighted by Crippen LogP contribution is -2.24. The molecule has 0 saturated carbocycles. The molecule has 1 heterocycles. The number of nitrogens with one attached hydrogen (secondary N) is 2. The topological polar surface area (TPSA) is 79.0 Å². The lowest BCUT2D eigenvalue weighted by Gasteiger charge is -2.10. The van der Waals surface area contributed by atoms with Crippen molar-refractivity contribution in [1.82, 2.24) is 9.71 Å². The van der Waals surface area contributed by atoms with Gasteiger partial charge in [-0.1, -0.05) is 24.3 Å². The van der Waals surface area contributed by atoms with Crippen molar-refractivity contribution in [2.24, 2.45) is 0 Å². The number of aromatic amines is 1. The van der Waals surface area contributed by atoms with Crippen LogP contribution in [-0.4, -0.2) is 13.4 Å². The van der Waals surface area contributed by atoms with E-state index in [1.807, 2.05) is 6.07 Å². The highest BCUT2D eigenvalue weighted by atomic mass is 32.2. The van der Waals surface area contributed by atoms with Gasteiger partial charge in [0.2, 0.25) is 10.0 Å². The first-order valence-electron chi connectivity index (χ1n) is 7.55. The van der Waals surface area contributed by atoms with Crippen LogP contribution in [0.4, 0.5) is 0 Å². The van der Waals surface area contributed by atoms with E-state index in [1.165, 1.54) is 0 Å². The van der Waals surface area contributed by atoms with E-state index in [-0.39, 0.29) is 17.0 Å². The number of hydrogen-bond donors (Lipinski definition) is 2. The van der Waals surface area contributed by atoms with E-state index in [0.717, 1.165) is 16.5 Å². The van der Waals surface area contributed by atoms with Crippen molar-refractivity contribution in [2.45, 2.75) is 25.3 Å². The van der Waals surface area contributed by atoms with Crippen molar-refractivity contribution in [3.05, 3.63) is 75.6 Å². The number of benzene rings is 2. The van der Waals surface area contributed by atoms with Crippen LogP contribution in [0.3, 0.4) is 0 Å². The molecule has 0 aliphatic rings. The molecular weight excluding hydrogens is 324 g/mol. The lowest BCUT2D eigenvalue weighted by atomic mass is 10.1. The minimum atomic E-state index is -3.57. The summed E-state index contributed by atoms with van der Waals surface area (Å²) in [6.45, 7) is 3.69. The fourth-order valence-electron chi connectivity index (χ4n) is 2.59. The Balaban J connectivity index is 1.87. The van der Waals surface area contributed by atoms with Crippen molar-refractivity contribution in [1.29, 1.82) is 0 Å². The molecular formula is C18H18N2O3S. The summed E-state index contributed by atoms with van der Waals surface area (Å²) in [5, 5.41) is 0.875. The average Bonchev–Trinajstić information content (AvgIpc) is 2.54. The summed E-state index contributed by atoms with van der Waals surface area (Å²) < 4.78 is 27.5. The van der Waals surface area contributed by atoms with E-state index < -0.39 is 10.0 Å². The molecule has 0 spiro atoms.